The van der Waals surface area contributed by atoms with E-state index in [1.54, 1.807) is 8.61 Å². The van der Waals surface area contributed by atoms with Crippen molar-refractivity contribution in [1.29, 1.82) is 0 Å². The summed E-state index contributed by atoms with van der Waals surface area (Å²) in [6.07, 6.45) is 4.11. The van der Waals surface area contributed by atoms with E-state index < -0.39 is 10.2 Å². The molecule has 5 nitrogen and oxygen atoms in total. The van der Waals surface area contributed by atoms with Crippen molar-refractivity contribution in [2.75, 3.05) is 46.3 Å². The van der Waals surface area contributed by atoms with Gasteiger partial charge >= 0.3 is 0 Å². The summed E-state index contributed by atoms with van der Waals surface area (Å²) in [5, 5.41) is 0. The number of likely N-dealkylation sites (N-methyl/N-ethyl adjacent to an activating group) is 1. The maximum Gasteiger partial charge on any atom is 0.282 e. The van der Waals surface area contributed by atoms with Gasteiger partial charge in [-0.2, -0.15) is 17.0 Å². The second-order valence-electron chi connectivity index (χ2n) is 5.02. The molecule has 2 rings (SSSR count). The topological polar surface area (TPSA) is 43.9 Å². The van der Waals surface area contributed by atoms with Crippen LogP contribution in [0.2, 0.25) is 0 Å². The van der Waals surface area contributed by atoms with Crippen LogP contribution < -0.4 is 0 Å². The summed E-state index contributed by atoms with van der Waals surface area (Å²) >= 11 is 0. The van der Waals surface area contributed by atoms with Gasteiger partial charge in [-0.15, -0.1) is 0 Å². The highest BCUT2D eigenvalue weighted by molar-refractivity contribution is 7.86. The Morgan fingerprint density at radius 3 is 2.00 bits per heavy atom. The van der Waals surface area contributed by atoms with Gasteiger partial charge in [0.15, 0.2) is 0 Å². The van der Waals surface area contributed by atoms with E-state index in [2.05, 4.69) is 11.9 Å². The summed E-state index contributed by atoms with van der Waals surface area (Å²) in [7, 11) is -1.14. The van der Waals surface area contributed by atoms with Gasteiger partial charge in [-0.05, 0) is 32.9 Å². The molecule has 0 spiro atoms. The molecular formula is C11H23N3O2S. The zero-order valence-electron chi connectivity index (χ0n) is 10.6. The molecule has 2 fully saturated rings. The maximum absolute atomic E-state index is 12.4. The molecule has 6 heteroatoms. The summed E-state index contributed by atoms with van der Waals surface area (Å²) in [6.45, 7) is 4.54. The van der Waals surface area contributed by atoms with Crippen LogP contribution in [0.5, 0.6) is 0 Å². The van der Waals surface area contributed by atoms with Gasteiger partial charge in [-0.1, -0.05) is 6.42 Å². The molecule has 2 aliphatic rings. The molecule has 0 aromatic carbocycles. The molecule has 0 aromatic rings. The molecule has 2 saturated heterocycles. The van der Waals surface area contributed by atoms with Gasteiger partial charge in [0.05, 0.1) is 0 Å². The van der Waals surface area contributed by atoms with E-state index in [1.165, 1.54) is 0 Å². The lowest BCUT2D eigenvalue weighted by Crippen LogP contribution is -2.47. The SMILES string of the molecule is CN1CCCN(S(=O)(=O)N2CCCCC2)CC1. The Bertz CT molecular complexity index is 339. The van der Waals surface area contributed by atoms with Gasteiger partial charge in [0.2, 0.25) is 0 Å². The first-order chi connectivity index (χ1) is 8.10. The third kappa shape index (κ3) is 3.19. The van der Waals surface area contributed by atoms with Gasteiger partial charge in [0.25, 0.3) is 10.2 Å². The van der Waals surface area contributed by atoms with Crippen molar-refractivity contribution in [3.05, 3.63) is 0 Å². The van der Waals surface area contributed by atoms with E-state index in [9.17, 15) is 8.42 Å². The van der Waals surface area contributed by atoms with Crippen LogP contribution in [0, 0.1) is 0 Å². The largest absolute Gasteiger partial charge is 0.305 e. The van der Waals surface area contributed by atoms with Crippen molar-refractivity contribution in [1.82, 2.24) is 13.5 Å². The van der Waals surface area contributed by atoms with E-state index in [0.29, 0.717) is 26.2 Å². The third-order valence-corrected chi connectivity index (χ3v) is 5.68. The van der Waals surface area contributed by atoms with Gasteiger partial charge in [0, 0.05) is 32.7 Å². The Morgan fingerprint density at radius 2 is 1.29 bits per heavy atom. The fourth-order valence-corrected chi connectivity index (χ4v) is 4.23. The van der Waals surface area contributed by atoms with Crippen molar-refractivity contribution in [3.63, 3.8) is 0 Å². The quantitative estimate of drug-likeness (QED) is 0.721. The van der Waals surface area contributed by atoms with Gasteiger partial charge in [-0.25, -0.2) is 0 Å². The number of rotatable bonds is 2. The van der Waals surface area contributed by atoms with Crippen molar-refractivity contribution >= 4 is 10.2 Å². The lowest BCUT2D eigenvalue weighted by Gasteiger charge is -2.31. The maximum atomic E-state index is 12.4. The fraction of sp³-hybridized carbons (Fsp3) is 1.00. The molecule has 0 saturated carbocycles. The molecule has 0 aliphatic carbocycles. The van der Waals surface area contributed by atoms with Gasteiger partial charge < -0.3 is 4.90 Å². The monoisotopic (exact) mass is 261 g/mol. The van der Waals surface area contributed by atoms with E-state index in [0.717, 1.165) is 38.8 Å². The average molecular weight is 261 g/mol. The van der Waals surface area contributed by atoms with Crippen LogP contribution in [-0.4, -0.2) is 68.2 Å². The molecule has 2 aliphatic heterocycles. The molecule has 0 radical (unpaired) electrons. The number of piperidine rings is 1. The molecule has 0 aromatic heterocycles. The molecule has 0 amide bonds. The number of nitrogens with zero attached hydrogens (tertiary/aromatic N) is 3. The van der Waals surface area contributed by atoms with Crippen molar-refractivity contribution in [2.45, 2.75) is 25.7 Å². The first-order valence-electron chi connectivity index (χ1n) is 6.54. The predicted molar refractivity (Wildman–Crippen MR) is 68.0 cm³/mol. The Labute approximate surface area is 105 Å². The molecule has 0 atom stereocenters. The van der Waals surface area contributed by atoms with Crippen LogP contribution in [0.4, 0.5) is 0 Å². The van der Waals surface area contributed by atoms with Crippen LogP contribution in [-0.2, 0) is 10.2 Å². The van der Waals surface area contributed by atoms with Crippen molar-refractivity contribution in [3.8, 4) is 0 Å². The Morgan fingerprint density at radius 1 is 0.706 bits per heavy atom. The lowest BCUT2D eigenvalue weighted by molar-refractivity contribution is 0.300. The van der Waals surface area contributed by atoms with Crippen LogP contribution in [0.25, 0.3) is 0 Å². The summed E-state index contributed by atoms with van der Waals surface area (Å²) in [5.41, 5.74) is 0. The lowest BCUT2D eigenvalue weighted by atomic mass is 10.2. The molecule has 17 heavy (non-hydrogen) atoms. The molecule has 100 valence electrons. The van der Waals surface area contributed by atoms with Crippen LogP contribution in [0.15, 0.2) is 0 Å². The Hall–Kier alpha value is -0.170. The highest BCUT2D eigenvalue weighted by Gasteiger charge is 2.31. The summed E-state index contributed by atoms with van der Waals surface area (Å²) in [4.78, 5) is 2.20. The molecule has 0 unspecified atom stereocenters. The van der Waals surface area contributed by atoms with Crippen LogP contribution in [0.3, 0.4) is 0 Å². The average Bonchev–Trinajstić information content (AvgIpc) is 2.55. The smallest absolute Gasteiger partial charge is 0.282 e. The third-order valence-electron chi connectivity index (χ3n) is 3.65. The molecule has 2 heterocycles. The fourth-order valence-electron chi connectivity index (χ4n) is 2.51. The van der Waals surface area contributed by atoms with Crippen molar-refractivity contribution < 1.29 is 8.42 Å². The zero-order valence-corrected chi connectivity index (χ0v) is 11.5. The minimum atomic E-state index is -3.19. The van der Waals surface area contributed by atoms with E-state index >= 15 is 0 Å². The number of hydrogen-bond acceptors (Lipinski definition) is 3. The molecule has 0 bridgehead atoms. The first-order valence-corrected chi connectivity index (χ1v) is 7.94. The normalized spacial score (nSPS) is 26.9. The summed E-state index contributed by atoms with van der Waals surface area (Å²) < 4.78 is 28.2. The van der Waals surface area contributed by atoms with E-state index in [4.69, 9.17) is 0 Å². The van der Waals surface area contributed by atoms with Crippen LogP contribution >= 0.6 is 0 Å². The first kappa shape index (κ1) is 13.3. The second kappa shape index (κ2) is 5.65. The van der Waals surface area contributed by atoms with Gasteiger partial charge in [0.1, 0.15) is 0 Å². The molecular weight excluding hydrogens is 238 g/mol. The predicted octanol–water partition coefficient (Wildman–Crippen LogP) is 0.355. The summed E-state index contributed by atoms with van der Waals surface area (Å²) in [6, 6.07) is 0. The Kier molecular flexibility index (Phi) is 4.41. The van der Waals surface area contributed by atoms with Gasteiger partial charge in [-0.3, -0.25) is 0 Å². The Balaban J connectivity index is 2.03. The minimum Gasteiger partial charge on any atom is -0.305 e. The highest BCUT2D eigenvalue weighted by Crippen LogP contribution is 2.17. The molecule has 0 N–H and O–H groups in total. The van der Waals surface area contributed by atoms with E-state index in [-0.39, 0.29) is 0 Å². The minimum absolute atomic E-state index is 0.634. The number of hydrogen-bond donors (Lipinski definition) is 0. The summed E-state index contributed by atoms with van der Waals surface area (Å²) in [5.74, 6) is 0. The van der Waals surface area contributed by atoms with E-state index in [1.807, 2.05) is 0 Å². The second-order valence-corrected chi connectivity index (χ2v) is 6.95. The van der Waals surface area contributed by atoms with Crippen molar-refractivity contribution in [2.24, 2.45) is 0 Å². The zero-order chi connectivity index (χ0) is 12.3. The standard InChI is InChI=1S/C11H23N3O2S/c1-12-6-5-9-14(11-10-12)17(15,16)13-7-3-2-4-8-13/h2-11H2,1H3. The van der Waals surface area contributed by atoms with Crippen LogP contribution in [0.1, 0.15) is 25.7 Å². The highest BCUT2D eigenvalue weighted by atomic mass is 32.2.